The van der Waals surface area contributed by atoms with E-state index in [9.17, 15) is 0 Å². The Morgan fingerprint density at radius 1 is 1.10 bits per heavy atom. The van der Waals surface area contributed by atoms with Crippen LogP contribution in [-0.2, 0) is 4.74 Å². The van der Waals surface area contributed by atoms with Crippen LogP contribution in [0.4, 0.5) is 11.4 Å². The van der Waals surface area contributed by atoms with Crippen LogP contribution in [0.5, 0.6) is 0 Å². The van der Waals surface area contributed by atoms with Gasteiger partial charge in [-0.15, -0.1) is 0 Å². The molecule has 2 heterocycles. The summed E-state index contributed by atoms with van der Waals surface area (Å²) in [6.45, 7) is 7.42. The van der Waals surface area contributed by atoms with E-state index in [-0.39, 0.29) is 0 Å². The average molecular weight is 284 g/mol. The van der Waals surface area contributed by atoms with Gasteiger partial charge in [0.25, 0.3) is 0 Å². The minimum atomic E-state index is 0.805. The maximum atomic E-state index is 5.49. The largest absolute Gasteiger partial charge is 0.466 e. The smallest absolute Gasteiger partial charge is 0.109 e. The third kappa shape index (κ3) is 3.34. The third-order valence-electron chi connectivity index (χ3n) is 3.66. The minimum Gasteiger partial charge on any atom is -0.466 e. The van der Waals surface area contributed by atoms with Crippen molar-refractivity contribution >= 4 is 17.6 Å². The second kappa shape index (κ2) is 6.14. The average Bonchev–Trinajstić information content (AvgIpc) is 2.84. The predicted molar refractivity (Wildman–Crippen MR) is 84.9 cm³/mol. The van der Waals surface area contributed by atoms with E-state index in [4.69, 9.17) is 9.15 Å². The molecule has 1 saturated heterocycles. The van der Waals surface area contributed by atoms with Crippen molar-refractivity contribution in [3.8, 4) is 0 Å². The number of aryl methyl sites for hydroxylation is 2. The Morgan fingerprint density at radius 2 is 1.81 bits per heavy atom. The highest BCUT2D eigenvalue weighted by Gasteiger charge is 2.10. The van der Waals surface area contributed by atoms with E-state index in [1.807, 2.05) is 38.3 Å². The molecule has 1 aromatic heterocycles. The molecule has 0 atom stereocenters. The van der Waals surface area contributed by atoms with Gasteiger partial charge in [0.1, 0.15) is 11.5 Å². The van der Waals surface area contributed by atoms with Crippen molar-refractivity contribution in [1.29, 1.82) is 0 Å². The molecule has 110 valence electrons. The van der Waals surface area contributed by atoms with Crippen LogP contribution in [0, 0.1) is 13.8 Å². The molecule has 0 saturated carbocycles. The van der Waals surface area contributed by atoms with E-state index in [0.717, 1.165) is 49.1 Å². The Labute approximate surface area is 125 Å². The van der Waals surface area contributed by atoms with E-state index in [0.29, 0.717) is 0 Å². The first-order valence-electron chi connectivity index (χ1n) is 7.26. The lowest BCUT2D eigenvalue weighted by atomic mass is 10.2. The Kier molecular flexibility index (Phi) is 4.06. The molecule has 1 aromatic carbocycles. The number of ether oxygens (including phenoxy) is 1. The molecule has 0 aliphatic carbocycles. The molecule has 0 spiro atoms. The predicted octanol–water partition coefficient (Wildman–Crippen LogP) is 3.48. The molecule has 0 amide bonds. The number of hydrogen-bond donors (Lipinski definition) is 0. The van der Waals surface area contributed by atoms with Crippen LogP contribution in [0.2, 0.25) is 0 Å². The lowest BCUT2D eigenvalue weighted by Crippen LogP contribution is -2.36. The summed E-state index contributed by atoms with van der Waals surface area (Å²) in [5, 5.41) is 0. The maximum Gasteiger partial charge on any atom is 0.109 e. The molecule has 0 bridgehead atoms. The molecule has 2 aromatic rings. The maximum absolute atomic E-state index is 5.49. The van der Waals surface area contributed by atoms with Gasteiger partial charge in [0.05, 0.1) is 18.9 Å². The number of nitrogens with zero attached hydrogens (tertiary/aromatic N) is 2. The summed E-state index contributed by atoms with van der Waals surface area (Å²) in [5.74, 6) is 1.82. The second-order valence-corrected chi connectivity index (χ2v) is 5.24. The first-order chi connectivity index (χ1) is 10.2. The summed E-state index contributed by atoms with van der Waals surface area (Å²) in [7, 11) is 0. The molecule has 4 heteroatoms. The van der Waals surface area contributed by atoms with Crippen molar-refractivity contribution in [2.24, 2.45) is 4.99 Å². The van der Waals surface area contributed by atoms with Crippen molar-refractivity contribution in [2.45, 2.75) is 13.8 Å². The van der Waals surface area contributed by atoms with E-state index >= 15 is 0 Å². The number of furan rings is 1. The van der Waals surface area contributed by atoms with Gasteiger partial charge in [0.2, 0.25) is 0 Å². The summed E-state index contributed by atoms with van der Waals surface area (Å²) in [5.41, 5.74) is 3.21. The van der Waals surface area contributed by atoms with E-state index < -0.39 is 0 Å². The summed E-state index contributed by atoms with van der Waals surface area (Å²) in [6.07, 6.45) is 1.86. The van der Waals surface area contributed by atoms with Gasteiger partial charge < -0.3 is 14.1 Å². The number of hydrogen-bond acceptors (Lipinski definition) is 4. The van der Waals surface area contributed by atoms with E-state index in [2.05, 4.69) is 22.0 Å². The van der Waals surface area contributed by atoms with E-state index in [1.165, 1.54) is 5.69 Å². The summed E-state index contributed by atoms with van der Waals surface area (Å²) < 4.78 is 10.9. The van der Waals surface area contributed by atoms with Crippen LogP contribution in [0.15, 0.2) is 39.7 Å². The lowest BCUT2D eigenvalue weighted by molar-refractivity contribution is 0.122. The fraction of sp³-hybridized carbons (Fsp3) is 0.353. The molecule has 0 unspecified atom stereocenters. The van der Waals surface area contributed by atoms with Gasteiger partial charge in [-0.05, 0) is 44.2 Å². The minimum absolute atomic E-state index is 0.805. The molecule has 1 aliphatic rings. The highest BCUT2D eigenvalue weighted by Crippen LogP contribution is 2.21. The van der Waals surface area contributed by atoms with Gasteiger partial charge >= 0.3 is 0 Å². The van der Waals surface area contributed by atoms with E-state index in [1.54, 1.807) is 0 Å². The van der Waals surface area contributed by atoms with Gasteiger partial charge in [-0.25, -0.2) is 0 Å². The zero-order chi connectivity index (χ0) is 14.7. The topological polar surface area (TPSA) is 38.0 Å². The lowest BCUT2D eigenvalue weighted by Gasteiger charge is -2.28. The summed E-state index contributed by atoms with van der Waals surface area (Å²) >= 11 is 0. The Balaban J connectivity index is 1.70. The third-order valence-corrected chi connectivity index (χ3v) is 3.66. The van der Waals surface area contributed by atoms with Crippen LogP contribution < -0.4 is 4.90 Å². The van der Waals surface area contributed by atoms with Crippen molar-refractivity contribution in [3.63, 3.8) is 0 Å². The fourth-order valence-electron chi connectivity index (χ4n) is 2.49. The number of rotatable bonds is 3. The van der Waals surface area contributed by atoms with Crippen molar-refractivity contribution in [1.82, 2.24) is 0 Å². The summed E-state index contributed by atoms with van der Waals surface area (Å²) in [4.78, 5) is 6.84. The Hall–Kier alpha value is -2.07. The monoisotopic (exact) mass is 284 g/mol. The van der Waals surface area contributed by atoms with Crippen LogP contribution in [0.25, 0.3) is 0 Å². The van der Waals surface area contributed by atoms with Crippen LogP contribution in [-0.4, -0.2) is 32.5 Å². The number of aliphatic imine (C=N–C) groups is 1. The number of anilines is 1. The molecule has 1 aliphatic heterocycles. The standard InChI is InChI=1S/C17H20N2O2/c1-13-11-15(14(2)21-13)12-18-16-3-5-17(6-4-16)19-7-9-20-10-8-19/h3-6,11-12H,7-10H2,1-2H3. The van der Waals surface area contributed by atoms with Crippen molar-refractivity contribution in [3.05, 3.63) is 47.4 Å². The zero-order valence-corrected chi connectivity index (χ0v) is 12.5. The normalized spacial score (nSPS) is 15.8. The highest BCUT2D eigenvalue weighted by atomic mass is 16.5. The molecule has 21 heavy (non-hydrogen) atoms. The fourth-order valence-corrected chi connectivity index (χ4v) is 2.49. The molecule has 3 rings (SSSR count). The number of benzene rings is 1. The second-order valence-electron chi connectivity index (χ2n) is 5.24. The first-order valence-corrected chi connectivity index (χ1v) is 7.26. The van der Waals surface area contributed by atoms with Crippen LogP contribution in [0.3, 0.4) is 0 Å². The highest BCUT2D eigenvalue weighted by molar-refractivity contribution is 5.83. The quantitative estimate of drug-likeness (QED) is 0.810. The number of morpholine rings is 1. The molecular formula is C17H20N2O2. The van der Waals surface area contributed by atoms with Gasteiger partial charge in [0.15, 0.2) is 0 Å². The van der Waals surface area contributed by atoms with Crippen LogP contribution >= 0.6 is 0 Å². The molecule has 4 nitrogen and oxygen atoms in total. The van der Waals surface area contributed by atoms with Crippen LogP contribution in [0.1, 0.15) is 17.1 Å². The molecule has 1 fully saturated rings. The van der Waals surface area contributed by atoms with Gasteiger partial charge in [0, 0.05) is 30.6 Å². The zero-order valence-electron chi connectivity index (χ0n) is 12.5. The van der Waals surface area contributed by atoms with Gasteiger partial charge in [-0.2, -0.15) is 0 Å². The SMILES string of the molecule is Cc1cc(C=Nc2ccc(N3CCOCC3)cc2)c(C)o1. The van der Waals surface area contributed by atoms with Gasteiger partial charge in [-0.1, -0.05) is 0 Å². The Bertz CT molecular complexity index is 623. The van der Waals surface area contributed by atoms with Crippen molar-refractivity contribution < 1.29 is 9.15 Å². The van der Waals surface area contributed by atoms with Gasteiger partial charge in [-0.3, -0.25) is 4.99 Å². The molecule has 0 N–H and O–H groups in total. The first kappa shape index (κ1) is 13.9. The molecule has 0 radical (unpaired) electrons. The summed E-state index contributed by atoms with van der Waals surface area (Å²) in [6, 6.07) is 10.3. The Morgan fingerprint density at radius 3 is 2.43 bits per heavy atom. The molecular weight excluding hydrogens is 264 g/mol. The van der Waals surface area contributed by atoms with Crippen molar-refractivity contribution in [2.75, 3.05) is 31.2 Å².